The van der Waals surface area contributed by atoms with Crippen LogP contribution in [-0.4, -0.2) is 40.1 Å². The van der Waals surface area contributed by atoms with Gasteiger partial charge in [0.1, 0.15) is 6.10 Å². The van der Waals surface area contributed by atoms with Crippen molar-refractivity contribution in [2.45, 2.75) is 58.7 Å². The zero-order valence-electron chi connectivity index (χ0n) is 13.5. The third-order valence-electron chi connectivity index (χ3n) is 3.24. The van der Waals surface area contributed by atoms with Crippen molar-refractivity contribution in [3.05, 3.63) is 11.7 Å². The van der Waals surface area contributed by atoms with E-state index in [4.69, 9.17) is 15.0 Å². The van der Waals surface area contributed by atoms with Gasteiger partial charge >= 0.3 is 0 Å². The Morgan fingerprint density at radius 2 is 2.19 bits per heavy atom. The number of carbonyl (C=O) groups excluding carboxylic acids is 1. The SMILES string of the molecule is CCCC(C)(N)C(=O)N(C)Cc1nc(C(C)OCC)no1. The minimum atomic E-state index is -0.870. The van der Waals surface area contributed by atoms with E-state index >= 15 is 0 Å². The predicted molar refractivity (Wildman–Crippen MR) is 78.3 cm³/mol. The fraction of sp³-hybridized carbons (Fsp3) is 0.786. The van der Waals surface area contributed by atoms with Crippen molar-refractivity contribution >= 4 is 5.91 Å². The maximum absolute atomic E-state index is 12.3. The van der Waals surface area contributed by atoms with Gasteiger partial charge in [-0.3, -0.25) is 4.79 Å². The minimum absolute atomic E-state index is 0.137. The van der Waals surface area contributed by atoms with Crippen LogP contribution in [0.15, 0.2) is 4.52 Å². The normalized spacial score (nSPS) is 15.5. The average Bonchev–Trinajstić information content (AvgIpc) is 2.86. The number of hydrogen-bond donors (Lipinski definition) is 1. The largest absolute Gasteiger partial charge is 0.371 e. The van der Waals surface area contributed by atoms with E-state index in [9.17, 15) is 4.79 Å². The van der Waals surface area contributed by atoms with Crippen LogP contribution < -0.4 is 5.73 Å². The quantitative estimate of drug-likeness (QED) is 0.784. The molecule has 7 heteroatoms. The molecule has 1 aromatic rings. The second kappa shape index (κ2) is 7.51. The molecule has 2 unspecified atom stereocenters. The smallest absolute Gasteiger partial charge is 0.246 e. The van der Waals surface area contributed by atoms with Gasteiger partial charge in [0.25, 0.3) is 0 Å². The lowest BCUT2D eigenvalue weighted by Gasteiger charge is -2.28. The lowest BCUT2D eigenvalue weighted by molar-refractivity contribution is -0.136. The van der Waals surface area contributed by atoms with Crippen molar-refractivity contribution in [1.82, 2.24) is 15.0 Å². The summed E-state index contributed by atoms with van der Waals surface area (Å²) in [6.45, 7) is 8.31. The van der Waals surface area contributed by atoms with Crippen LogP contribution in [-0.2, 0) is 16.1 Å². The van der Waals surface area contributed by atoms with Gasteiger partial charge in [-0.2, -0.15) is 4.98 Å². The average molecular weight is 298 g/mol. The molecule has 0 saturated heterocycles. The highest BCUT2D eigenvalue weighted by Crippen LogP contribution is 2.16. The molecule has 0 aliphatic heterocycles. The fourth-order valence-electron chi connectivity index (χ4n) is 2.16. The first kappa shape index (κ1) is 17.6. The highest BCUT2D eigenvalue weighted by atomic mass is 16.5. The molecule has 2 N–H and O–H groups in total. The van der Waals surface area contributed by atoms with E-state index in [1.54, 1.807) is 14.0 Å². The van der Waals surface area contributed by atoms with Crippen LogP contribution in [0.3, 0.4) is 0 Å². The lowest BCUT2D eigenvalue weighted by Crippen LogP contribution is -2.51. The number of amides is 1. The Morgan fingerprint density at radius 1 is 1.52 bits per heavy atom. The summed E-state index contributed by atoms with van der Waals surface area (Å²) in [6.07, 6.45) is 1.25. The zero-order valence-corrected chi connectivity index (χ0v) is 13.5. The fourth-order valence-corrected chi connectivity index (χ4v) is 2.16. The Balaban J connectivity index is 2.67. The number of ether oxygens (including phenoxy) is 1. The molecular weight excluding hydrogens is 272 g/mol. The van der Waals surface area contributed by atoms with Gasteiger partial charge in [0.15, 0.2) is 5.82 Å². The zero-order chi connectivity index (χ0) is 16.0. The first-order valence-electron chi connectivity index (χ1n) is 7.30. The summed E-state index contributed by atoms with van der Waals surface area (Å²) < 4.78 is 10.5. The van der Waals surface area contributed by atoms with Crippen molar-refractivity contribution in [2.24, 2.45) is 5.73 Å². The molecule has 0 bridgehead atoms. The van der Waals surface area contributed by atoms with Crippen molar-refractivity contribution in [2.75, 3.05) is 13.7 Å². The molecule has 0 fully saturated rings. The van der Waals surface area contributed by atoms with Gasteiger partial charge in [0.2, 0.25) is 11.8 Å². The molecular formula is C14H26N4O3. The Kier molecular flexibility index (Phi) is 6.29. The second-order valence-electron chi connectivity index (χ2n) is 5.47. The van der Waals surface area contributed by atoms with Crippen LogP contribution in [0.25, 0.3) is 0 Å². The van der Waals surface area contributed by atoms with E-state index in [-0.39, 0.29) is 18.6 Å². The minimum Gasteiger partial charge on any atom is -0.371 e. The Morgan fingerprint density at radius 3 is 2.76 bits per heavy atom. The summed E-state index contributed by atoms with van der Waals surface area (Å²) in [5, 5.41) is 3.87. The standard InChI is InChI=1S/C14H26N4O3/c1-6-8-14(4,15)13(19)18(5)9-11-16-12(17-21-11)10(3)20-7-2/h10H,6-9,15H2,1-5H3. The Hall–Kier alpha value is -1.47. The summed E-state index contributed by atoms with van der Waals surface area (Å²) >= 11 is 0. The number of hydrogen-bond acceptors (Lipinski definition) is 6. The number of rotatable bonds is 8. The molecule has 21 heavy (non-hydrogen) atoms. The third-order valence-corrected chi connectivity index (χ3v) is 3.24. The first-order valence-corrected chi connectivity index (χ1v) is 7.30. The van der Waals surface area contributed by atoms with Crippen LogP contribution in [0, 0.1) is 0 Å². The number of nitrogens with two attached hydrogens (primary N) is 1. The number of nitrogens with zero attached hydrogens (tertiary/aromatic N) is 3. The number of likely N-dealkylation sites (N-methyl/N-ethyl adjacent to an activating group) is 1. The maximum atomic E-state index is 12.3. The van der Waals surface area contributed by atoms with Crippen LogP contribution in [0.1, 0.15) is 58.4 Å². The summed E-state index contributed by atoms with van der Waals surface area (Å²) in [4.78, 5) is 18.0. The van der Waals surface area contributed by atoms with Crippen LogP contribution in [0.4, 0.5) is 0 Å². The van der Waals surface area contributed by atoms with Gasteiger partial charge in [-0.1, -0.05) is 18.5 Å². The summed E-state index contributed by atoms with van der Waals surface area (Å²) in [5.74, 6) is 0.721. The monoisotopic (exact) mass is 298 g/mol. The Bertz CT molecular complexity index is 459. The summed E-state index contributed by atoms with van der Waals surface area (Å²) in [6, 6.07) is 0. The van der Waals surface area contributed by atoms with Crippen molar-refractivity contribution in [3.8, 4) is 0 Å². The first-order chi connectivity index (χ1) is 9.81. The highest BCUT2D eigenvalue weighted by Gasteiger charge is 2.31. The molecule has 0 saturated carbocycles. The van der Waals surface area contributed by atoms with E-state index in [0.717, 1.165) is 6.42 Å². The van der Waals surface area contributed by atoms with Crippen molar-refractivity contribution in [1.29, 1.82) is 0 Å². The van der Waals surface area contributed by atoms with Gasteiger partial charge in [-0.15, -0.1) is 0 Å². The predicted octanol–water partition coefficient (Wildman–Crippen LogP) is 1.64. The molecule has 0 radical (unpaired) electrons. The molecule has 1 heterocycles. The Labute approximate surface area is 125 Å². The van der Waals surface area contributed by atoms with E-state index in [1.165, 1.54) is 4.90 Å². The molecule has 120 valence electrons. The van der Waals surface area contributed by atoms with Gasteiger partial charge in [0.05, 0.1) is 12.1 Å². The molecule has 0 aliphatic rings. The molecule has 1 rings (SSSR count). The topological polar surface area (TPSA) is 94.5 Å². The van der Waals surface area contributed by atoms with Crippen LogP contribution in [0.5, 0.6) is 0 Å². The summed E-state index contributed by atoms with van der Waals surface area (Å²) in [7, 11) is 1.68. The van der Waals surface area contributed by atoms with Gasteiger partial charge in [0, 0.05) is 13.7 Å². The number of carbonyl (C=O) groups is 1. The van der Waals surface area contributed by atoms with Gasteiger partial charge < -0.3 is 19.9 Å². The van der Waals surface area contributed by atoms with E-state index < -0.39 is 5.54 Å². The van der Waals surface area contributed by atoms with E-state index in [0.29, 0.717) is 24.7 Å². The van der Waals surface area contributed by atoms with Crippen molar-refractivity contribution in [3.63, 3.8) is 0 Å². The second-order valence-corrected chi connectivity index (χ2v) is 5.47. The maximum Gasteiger partial charge on any atom is 0.246 e. The highest BCUT2D eigenvalue weighted by molar-refractivity contribution is 5.85. The van der Waals surface area contributed by atoms with Crippen LogP contribution >= 0.6 is 0 Å². The molecule has 0 spiro atoms. The molecule has 7 nitrogen and oxygen atoms in total. The van der Waals surface area contributed by atoms with Crippen molar-refractivity contribution < 1.29 is 14.1 Å². The molecule has 0 aromatic carbocycles. The van der Waals surface area contributed by atoms with Gasteiger partial charge in [-0.05, 0) is 27.2 Å². The van der Waals surface area contributed by atoms with Gasteiger partial charge in [-0.25, -0.2) is 0 Å². The summed E-state index contributed by atoms with van der Waals surface area (Å²) in [5.41, 5.74) is 5.17. The molecule has 1 amide bonds. The van der Waals surface area contributed by atoms with E-state index in [1.807, 2.05) is 20.8 Å². The molecule has 1 aromatic heterocycles. The number of aromatic nitrogens is 2. The van der Waals surface area contributed by atoms with E-state index in [2.05, 4.69) is 10.1 Å². The third kappa shape index (κ3) is 4.78. The lowest BCUT2D eigenvalue weighted by atomic mass is 9.96. The molecule has 2 atom stereocenters. The van der Waals surface area contributed by atoms with Crippen LogP contribution in [0.2, 0.25) is 0 Å². The molecule has 0 aliphatic carbocycles.